The van der Waals surface area contributed by atoms with Crippen LogP contribution in [-0.2, 0) is 11.3 Å². The fourth-order valence-corrected chi connectivity index (χ4v) is 4.00. The van der Waals surface area contributed by atoms with Crippen molar-refractivity contribution in [3.8, 4) is 0 Å². The summed E-state index contributed by atoms with van der Waals surface area (Å²) < 4.78 is 5.51. The van der Waals surface area contributed by atoms with Crippen LogP contribution in [0.1, 0.15) is 24.6 Å². The zero-order chi connectivity index (χ0) is 12.8. The highest BCUT2D eigenvalue weighted by atomic mass is 79.9. The lowest BCUT2D eigenvalue weighted by Crippen LogP contribution is -2.42. The van der Waals surface area contributed by atoms with Gasteiger partial charge in [-0.2, -0.15) is 0 Å². The first-order valence-electron chi connectivity index (χ1n) is 6.66. The molecule has 4 heteroatoms. The van der Waals surface area contributed by atoms with Crippen molar-refractivity contribution in [3.63, 3.8) is 0 Å². The number of rotatable bonds is 6. The Hall–Kier alpha value is 0.1000. The molecule has 1 aromatic rings. The van der Waals surface area contributed by atoms with Gasteiger partial charge in [0.05, 0.1) is 0 Å². The molecular formula is C14H22BrNOS. The minimum absolute atomic E-state index is 0.408. The van der Waals surface area contributed by atoms with Crippen LogP contribution in [0.5, 0.6) is 0 Å². The summed E-state index contributed by atoms with van der Waals surface area (Å²) in [7, 11) is 0. The SMILES string of the molecule is CCN(Cc1cccs1)CC1(CBr)CCOCC1. The van der Waals surface area contributed by atoms with Crippen molar-refractivity contribution in [3.05, 3.63) is 22.4 Å². The van der Waals surface area contributed by atoms with E-state index in [1.165, 1.54) is 24.3 Å². The van der Waals surface area contributed by atoms with Crippen LogP contribution in [0.3, 0.4) is 0 Å². The lowest BCUT2D eigenvalue weighted by molar-refractivity contribution is 0.00778. The van der Waals surface area contributed by atoms with E-state index in [2.05, 4.69) is 45.3 Å². The van der Waals surface area contributed by atoms with E-state index in [0.717, 1.165) is 31.6 Å². The van der Waals surface area contributed by atoms with E-state index in [0.29, 0.717) is 5.41 Å². The zero-order valence-electron chi connectivity index (χ0n) is 11.0. The second kappa shape index (κ2) is 7.04. The Kier molecular flexibility index (Phi) is 5.67. The quantitative estimate of drug-likeness (QED) is 0.736. The summed E-state index contributed by atoms with van der Waals surface area (Å²) in [5.41, 5.74) is 0.408. The van der Waals surface area contributed by atoms with E-state index in [1.807, 2.05) is 11.3 Å². The van der Waals surface area contributed by atoms with Gasteiger partial charge in [0.2, 0.25) is 0 Å². The number of ether oxygens (including phenoxy) is 1. The zero-order valence-corrected chi connectivity index (χ0v) is 13.4. The molecule has 0 bridgehead atoms. The van der Waals surface area contributed by atoms with Gasteiger partial charge in [0, 0.05) is 36.5 Å². The number of thiophene rings is 1. The van der Waals surface area contributed by atoms with Crippen LogP contribution in [0.4, 0.5) is 0 Å². The molecule has 0 unspecified atom stereocenters. The van der Waals surface area contributed by atoms with Gasteiger partial charge in [-0.25, -0.2) is 0 Å². The maximum Gasteiger partial charge on any atom is 0.0472 e. The molecule has 0 amide bonds. The van der Waals surface area contributed by atoms with Gasteiger partial charge in [-0.1, -0.05) is 28.9 Å². The third kappa shape index (κ3) is 3.80. The Balaban J connectivity index is 1.95. The predicted molar refractivity (Wildman–Crippen MR) is 81.6 cm³/mol. The maximum absolute atomic E-state index is 5.51. The van der Waals surface area contributed by atoms with Crippen LogP contribution in [0.2, 0.25) is 0 Å². The van der Waals surface area contributed by atoms with Crippen molar-refractivity contribution in [1.29, 1.82) is 0 Å². The molecule has 0 radical (unpaired) electrons. The van der Waals surface area contributed by atoms with Gasteiger partial charge in [-0.15, -0.1) is 11.3 Å². The van der Waals surface area contributed by atoms with E-state index in [4.69, 9.17) is 4.74 Å². The van der Waals surface area contributed by atoms with Crippen molar-refractivity contribution >= 4 is 27.3 Å². The molecule has 1 aliphatic heterocycles. The van der Waals surface area contributed by atoms with Crippen LogP contribution < -0.4 is 0 Å². The molecule has 18 heavy (non-hydrogen) atoms. The molecule has 0 saturated carbocycles. The van der Waals surface area contributed by atoms with E-state index in [-0.39, 0.29) is 0 Å². The normalized spacial score (nSPS) is 19.3. The smallest absolute Gasteiger partial charge is 0.0472 e. The van der Waals surface area contributed by atoms with Crippen molar-refractivity contribution in [1.82, 2.24) is 4.90 Å². The minimum atomic E-state index is 0.408. The van der Waals surface area contributed by atoms with Crippen molar-refractivity contribution in [2.45, 2.75) is 26.3 Å². The highest BCUT2D eigenvalue weighted by Gasteiger charge is 2.33. The van der Waals surface area contributed by atoms with Crippen LogP contribution in [0.15, 0.2) is 17.5 Å². The Morgan fingerprint density at radius 3 is 2.78 bits per heavy atom. The lowest BCUT2D eigenvalue weighted by Gasteiger charge is -2.39. The molecule has 1 saturated heterocycles. The fourth-order valence-electron chi connectivity index (χ4n) is 2.52. The molecule has 0 aromatic carbocycles. The molecule has 1 aliphatic rings. The van der Waals surface area contributed by atoms with Crippen molar-refractivity contribution in [2.75, 3.05) is 31.6 Å². The molecule has 2 nitrogen and oxygen atoms in total. The third-order valence-electron chi connectivity index (χ3n) is 3.80. The first-order chi connectivity index (χ1) is 8.78. The van der Waals surface area contributed by atoms with E-state index in [9.17, 15) is 0 Å². The van der Waals surface area contributed by atoms with Gasteiger partial charge in [0.15, 0.2) is 0 Å². The Labute approximate surface area is 122 Å². The summed E-state index contributed by atoms with van der Waals surface area (Å²) in [6, 6.07) is 4.38. The molecule has 2 heterocycles. The predicted octanol–water partition coefficient (Wildman–Crippen LogP) is 3.76. The van der Waals surface area contributed by atoms with Gasteiger partial charge in [-0.05, 0) is 36.2 Å². The van der Waals surface area contributed by atoms with Gasteiger partial charge in [0.25, 0.3) is 0 Å². The second-order valence-electron chi connectivity index (χ2n) is 5.13. The molecule has 0 aliphatic carbocycles. The van der Waals surface area contributed by atoms with Crippen LogP contribution in [0.25, 0.3) is 0 Å². The molecule has 0 N–H and O–H groups in total. The Bertz CT molecular complexity index is 336. The third-order valence-corrected chi connectivity index (χ3v) is 5.85. The van der Waals surface area contributed by atoms with Crippen molar-refractivity contribution < 1.29 is 4.74 Å². The topological polar surface area (TPSA) is 12.5 Å². The lowest BCUT2D eigenvalue weighted by atomic mass is 9.82. The first-order valence-corrected chi connectivity index (χ1v) is 8.66. The Morgan fingerprint density at radius 1 is 1.44 bits per heavy atom. The minimum Gasteiger partial charge on any atom is -0.381 e. The van der Waals surface area contributed by atoms with Crippen LogP contribution in [-0.4, -0.2) is 36.5 Å². The van der Waals surface area contributed by atoms with Crippen LogP contribution in [0, 0.1) is 5.41 Å². The Morgan fingerprint density at radius 2 is 2.22 bits per heavy atom. The first kappa shape index (κ1) is 14.5. The largest absolute Gasteiger partial charge is 0.381 e. The van der Waals surface area contributed by atoms with Gasteiger partial charge in [0.1, 0.15) is 0 Å². The molecule has 0 spiro atoms. The average Bonchev–Trinajstić information content (AvgIpc) is 2.92. The summed E-state index contributed by atoms with van der Waals surface area (Å²) in [6.45, 7) is 7.48. The standard InChI is InChI=1S/C14H22BrNOS/c1-2-16(10-13-4-3-9-18-13)12-14(11-15)5-7-17-8-6-14/h3-4,9H,2,5-8,10-12H2,1H3. The molecule has 0 atom stereocenters. The number of nitrogens with zero attached hydrogens (tertiary/aromatic N) is 1. The molecule has 2 rings (SSSR count). The summed E-state index contributed by atoms with van der Waals surface area (Å²) in [5.74, 6) is 0. The summed E-state index contributed by atoms with van der Waals surface area (Å²) >= 11 is 5.58. The van der Waals surface area contributed by atoms with E-state index < -0.39 is 0 Å². The number of hydrogen-bond donors (Lipinski definition) is 0. The maximum atomic E-state index is 5.51. The van der Waals surface area contributed by atoms with Gasteiger partial charge >= 0.3 is 0 Å². The average molecular weight is 332 g/mol. The highest BCUT2D eigenvalue weighted by Crippen LogP contribution is 2.34. The van der Waals surface area contributed by atoms with E-state index in [1.54, 1.807) is 0 Å². The highest BCUT2D eigenvalue weighted by molar-refractivity contribution is 9.09. The number of hydrogen-bond acceptors (Lipinski definition) is 3. The second-order valence-corrected chi connectivity index (χ2v) is 6.72. The van der Waals surface area contributed by atoms with Gasteiger partial charge < -0.3 is 4.74 Å². The van der Waals surface area contributed by atoms with Crippen LogP contribution >= 0.6 is 27.3 Å². The number of alkyl halides is 1. The number of halogens is 1. The molecule has 1 aromatic heterocycles. The summed E-state index contributed by atoms with van der Waals surface area (Å²) in [4.78, 5) is 4.03. The van der Waals surface area contributed by atoms with E-state index >= 15 is 0 Å². The van der Waals surface area contributed by atoms with Crippen molar-refractivity contribution in [2.24, 2.45) is 5.41 Å². The summed E-state index contributed by atoms with van der Waals surface area (Å²) in [6.07, 6.45) is 2.36. The monoisotopic (exact) mass is 331 g/mol. The molecule has 1 fully saturated rings. The molecular weight excluding hydrogens is 310 g/mol. The summed E-state index contributed by atoms with van der Waals surface area (Å²) in [5, 5.41) is 3.25. The van der Waals surface area contributed by atoms with Gasteiger partial charge in [-0.3, -0.25) is 4.90 Å². The molecule has 102 valence electrons. The fraction of sp³-hybridized carbons (Fsp3) is 0.714.